The Bertz CT molecular complexity index is 1240. The molecule has 35 heavy (non-hydrogen) atoms. The topological polar surface area (TPSA) is 91.2 Å². The smallest absolute Gasteiger partial charge is 0.268 e. The minimum atomic E-state index is -0.0761. The van der Waals surface area contributed by atoms with Crippen molar-refractivity contribution in [2.75, 3.05) is 36.4 Å². The number of pyridine rings is 1. The first-order valence-corrected chi connectivity index (χ1v) is 12.8. The molecule has 184 valence electrons. The van der Waals surface area contributed by atoms with Crippen LogP contribution in [0.5, 0.6) is 0 Å². The summed E-state index contributed by atoms with van der Waals surface area (Å²) in [5.41, 5.74) is 2.57. The molecular weight excluding hydrogens is 440 g/mol. The van der Waals surface area contributed by atoms with E-state index in [2.05, 4.69) is 61.8 Å². The maximum absolute atomic E-state index is 12.6. The molecule has 1 saturated heterocycles. The minimum absolute atomic E-state index is 0.0316. The quantitative estimate of drug-likeness (QED) is 0.598. The van der Waals surface area contributed by atoms with E-state index in [1.54, 1.807) is 6.20 Å². The molecule has 0 radical (unpaired) electrons. The molecule has 1 aliphatic carbocycles. The highest BCUT2D eigenvalue weighted by molar-refractivity contribution is 5.99. The lowest BCUT2D eigenvalue weighted by Crippen LogP contribution is -2.54. The molecule has 1 unspecified atom stereocenters. The molecule has 0 aromatic carbocycles. The Morgan fingerprint density at radius 2 is 1.97 bits per heavy atom. The number of rotatable bonds is 4. The monoisotopic (exact) mass is 474 g/mol. The highest BCUT2D eigenvalue weighted by Crippen LogP contribution is 2.41. The van der Waals surface area contributed by atoms with Crippen LogP contribution < -0.4 is 15.5 Å². The van der Waals surface area contributed by atoms with Crippen LogP contribution in [-0.2, 0) is 5.54 Å². The molecule has 2 N–H and O–H groups in total. The lowest BCUT2D eigenvalue weighted by molar-refractivity contribution is 0.0876. The van der Waals surface area contributed by atoms with Crippen molar-refractivity contribution in [3.8, 4) is 0 Å². The second kappa shape index (κ2) is 8.48. The van der Waals surface area contributed by atoms with E-state index in [0.29, 0.717) is 36.1 Å². The van der Waals surface area contributed by atoms with Crippen molar-refractivity contribution in [1.82, 2.24) is 29.7 Å². The van der Waals surface area contributed by atoms with Gasteiger partial charge in [0.05, 0.1) is 17.4 Å². The second-order valence-electron chi connectivity index (χ2n) is 10.6. The molecule has 9 heteroatoms. The van der Waals surface area contributed by atoms with E-state index < -0.39 is 0 Å². The lowest BCUT2D eigenvalue weighted by Gasteiger charge is -2.42. The van der Waals surface area contributed by atoms with E-state index in [1.807, 2.05) is 18.3 Å². The Labute approximate surface area is 205 Å². The Balaban J connectivity index is 1.23. The van der Waals surface area contributed by atoms with Gasteiger partial charge in [0.2, 0.25) is 5.95 Å². The minimum Gasteiger partial charge on any atom is -0.367 e. The van der Waals surface area contributed by atoms with E-state index >= 15 is 0 Å². The Morgan fingerprint density at radius 1 is 1.14 bits per heavy atom. The average Bonchev–Trinajstić information content (AvgIpc) is 3.48. The molecule has 0 bridgehead atoms. The van der Waals surface area contributed by atoms with Gasteiger partial charge in [-0.15, -0.1) is 0 Å². The van der Waals surface area contributed by atoms with Crippen LogP contribution >= 0.6 is 0 Å². The van der Waals surface area contributed by atoms with Crippen molar-refractivity contribution in [2.45, 2.75) is 64.1 Å². The Kier molecular flexibility index (Phi) is 5.40. The van der Waals surface area contributed by atoms with Crippen LogP contribution in [-0.4, -0.2) is 68.6 Å². The standard InChI is InChI=1S/C26H34N8O/c1-17(2)33-11-10-32(15-18(33)3)20-6-7-22(27-14-20)30-25-28-13-19-12-21-24(35)29-16-26(8-4-5-9-26)34(21)23(19)31-25/h6-7,12-14,17-18H,4-5,8-11,15-16H2,1-3H3,(H,29,35)(H,27,28,30,31). The molecule has 1 saturated carbocycles. The average molecular weight is 475 g/mol. The van der Waals surface area contributed by atoms with Crippen molar-refractivity contribution in [2.24, 2.45) is 0 Å². The largest absolute Gasteiger partial charge is 0.367 e. The van der Waals surface area contributed by atoms with Crippen LogP contribution in [0.3, 0.4) is 0 Å². The van der Waals surface area contributed by atoms with Crippen LogP contribution in [0.25, 0.3) is 11.0 Å². The predicted molar refractivity (Wildman–Crippen MR) is 137 cm³/mol. The zero-order valence-electron chi connectivity index (χ0n) is 20.8. The normalized spacial score (nSPS) is 22.1. The van der Waals surface area contributed by atoms with Gasteiger partial charge in [0, 0.05) is 49.8 Å². The number of carbonyl (C=O) groups excluding carboxylic acids is 1. The number of aromatic nitrogens is 4. The first kappa shape index (κ1) is 22.3. The number of hydrogen-bond donors (Lipinski definition) is 2. The van der Waals surface area contributed by atoms with Crippen molar-refractivity contribution in [3.05, 3.63) is 36.3 Å². The fourth-order valence-corrected chi connectivity index (χ4v) is 6.28. The predicted octanol–water partition coefficient (Wildman–Crippen LogP) is 3.50. The highest BCUT2D eigenvalue weighted by Gasteiger charge is 2.42. The first-order chi connectivity index (χ1) is 16.9. The summed E-state index contributed by atoms with van der Waals surface area (Å²) in [6.07, 6.45) is 8.19. The van der Waals surface area contributed by atoms with E-state index in [9.17, 15) is 4.79 Å². The molecule has 3 aliphatic rings. The van der Waals surface area contributed by atoms with Crippen LogP contribution in [0.2, 0.25) is 0 Å². The molecule has 2 fully saturated rings. The van der Waals surface area contributed by atoms with Gasteiger partial charge in [-0.3, -0.25) is 9.69 Å². The number of anilines is 3. The summed E-state index contributed by atoms with van der Waals surface area (Å²) in [4.78, 5) is 31.6. The van der Waals surface area contributed by atoms with Crippen molar-refractivity contribution in [1.29, 1.82) is 0 Å². The Hall–Kier alpha value is -3.20. The third-order valence-corrected chi connectivity index (χ3v) is 8.06. The number of nitrogens with zero attached hydrogens (tertiary/aromatic N) is 6. The summed E-state index contributed by atoms with van der Waals surface area (Å²) in [5, 5.41) is 7.25. The van der Waals surface area contributed by atoms with Crippen molar-refractivity contribution < 1.29 is 4.79 Å². The van der Waals surface area contributed by atoms with Crippen molar-refractivity contribution in [3.63, 3.8) is 0 Å². The van der Waals surface area contributed by atoms with E-state index in [-0.39, 0.29) is 11.4 Å². The third-order valence-electron chi connectivity index (χ3n) is 8.06. The highest BCUT2D eigenvalue weighted by atomic mass is 16.2. The van der Waals surface area contributed by atoms with Crippen LogP contribution in [0.15, 0.2) is 30.6 Å². The summed E-state index contributed by atoms with van der Waals surface area (Å²) in [6.45, 7) is 10.6. The SMILES string of the molecule is CC(C)N1CCN(c2ccc(Nc3ncc4cc5n(c4n3)C3(CCCC3)CNC5=O)nc2)CC1C. The number of hydrogen-bond acceptors (Lipinski definition) is 7. The molecule has 1 atom stereocenters. The van der Waals surface area contributed by atoms with Crippen LogP contribution in [0, 0.1) is 0 Å². The van der Waals surface area contributed by atoms with Crippen molar-refractivity contribution >= 4 is 34.4 Å². The molecule has 1 amide bonds. The van der Waals surface area contributed by atoms with Crippen LogP contribution in [0.4, 0.5) is 17.5 Å². The van der Waals surface area contributed by atoms with Gasteiger partial charge in [-0.05, 0) is 51.8 Å². The summed E-state index contributed by atoms with van der Waals surface area (Å²) in [7, 11) is 0. The molecule has 9 nitrogen and oxygen atoms in total. The summed E-state index contributed by atoms with van der Waals surface area (Å²) in [6, 6.07) is 7.10. The second-order valence-corrected chi connectivity index (χ2v) is 10.6. The molecule has 3 aromatic heterocycles. The first-order valence-electron chi connectivity index (χ1n) is 12.8. The zero-order valence-corrected chi connectivity index (χ0v) is 20.8. The van der Waals surface area contributed by atoms with Gasteiger partial charge in [0.1, 0.15) is 17.2 Å². The maximum Gasteiger partial charge on any atom is 0.268 e. The third kappa shape index (κ3) is 3.82. The number of nitrogens with one attached hydrogen (secondary N) is 2. The molecule has 1 spiro atoms. The van der Waals surface area contributed by atoms with Gasteiger partial charge in [0.25, 0.3) is 5.91 Å². The summed E-state index contributed by atoms with van der Waals surface area (Å²) in [5.74, 6) is 1.17. The zero-order chi connectivity index (χ0) is 24.2. The molecule has 2 aliphatic heterocycles. The molecule has 3 aromatic rings. The van der Waals surface area contributed by atoms with E-state index in [4.69, 9.17) is 4.98 Å². The van der Waals surface area contributed by atoms with Crippen LogP contribution in [0.1, 0.15) is 56.9 Å². The number of piperazine rings is 1. The van der Waals surface area contributed by atoms with Gasteiger partial charge >= 0.3 is 0 Å². The summed E-state index contributed by atoms with van der Waals surface area (Å²) < 4.78 is 2.18. The fourth-order valence-electron chi connectivity index (χ4n) is 6.28. The fraction of sp³-hybridized carbons (Fsp3) is 0.538. The van der Waals surface area contributed by atoms with Gasteiger partial charge < -0.3 is 20.1 Å². The maximum atomic E-state index is 12.6. The van der Waals surface area contributed by atoms with Gasteiger partial charge in [-0.1, -0.05) is 12.8 Å². The number of amides is 1. The number of carbonyl (C=O) groups is 1. The van der Waals surface area contributed by atoms with Gasteiger partial charge in [-0.2, -0.15) is 4.98 Å². The van der Waals surface area contributed by atoms with Gasteiger partial charge in [0.15, 0.2) is 0 Å². The van der Waals surface area contributed by atoms with Gasteiger partial charge in [-0.25, -0.2) is 9.97 Å². The molecule has 6 rings (SSSR count). The van der Waals surface area contributed by atoms with E-state index in [0.717, 1.165) is 49.2 Å². The molecular formula is C26H34N8O. The number of fused-ring (bicyclic) bond motifs is 4. The Morgan fingerprint density at radius 3 is 2.69 bits per heavy atom. The van der Waals surface area contributed by atoms with E-state index in [1.165, 1.54) is 12.8 Å². The lowest BCUT2D eigenvalue weighted by atomic mass is 9.94. The molecule has 5 heterocycles. The summed E-state index contributed by atoms with van der Waals surface area (Å²) >= 11 is 0.